The smallest absolute Gasteiger partial charge is 0.257 e. The maximum absolute atomic E-state index is 13.0. The number of carbonyl (C=O) groups excluding carboxylic acids is 1. The summed E-state index contributed by atoms with van der Waals surface area (Å²) in [6, 6.07) is -0.0472. The van der Waals surface area contributed by atoms with Crippen molar-refractivity contribution in [3.05, 3.63) is 29.2 Å². The molecule has 1 amide bonds. The van der Waals surface area contributed by atoms with Gasteiger partial charge in [0.2, 0.25) is 5.89 Å². The normalized spacial score (nSPS) is 24.7. The molecule has 2 aromatic rings. The summed E-state index contributed by atoms with van der Waals surface area (Å²) in [7, 11) is 2.04. The molecule has 1 saturated heterocycles. The number of hydrogen-bond donors (Lipinski definition) is 1. The Hall–Kier alpha value is -2.22. The van der Waals surface area contributed by atoms with Gasteiger partial charge in [-0.3, -0.25) is 14.8 Å². The Labute approximate surface area is 145 Å². The van der Waals surface area contributed by atoms with Crippen molar-refractivity contribution >= 4 is 5.91 Å². The lowest BCUT2D eigenvalue weighted by Crippen LogP contribution is -2.49. The fourth-order valence-electron chi connectivity index (χ4n) is 3.53. The van der Waals surface area contributed by atoms with E-state index in [9.17, 15) is 4.79 Å². The highest BCUT2D eigenvalue weighted by atomic mass is 16.5. The van der Waals surface area contributed by atoms with Crippen LogP contribution >= 0.6 is 0 Å². The molecule has 2 aromatic heterocycles. The van der Waals surface area contributed by atoms with Crippen molar-refractivity contribution in [2.45, 2.75) is 43.6 Å². The summed E-state index contributed by atoms with van der Waals surface area (Å²) < 4.78 is 5.51. The van der Waals surface area contributed by atoms with E-state index in [2.05, 4.69) is 25.2 Å². The van der Waals surface area contributed by atoms with Crippen molar-refractivity contribution in [1.29, 1.82) is 0 Å². The summed E-state index contributed by atoms with van der Waals surface area (Å²) in [4.78, 5) is 21.7. The van der Waals surface area contributed by atoms with Crippen LogP contribution < -0.4 is 0 Å². The quantitative estimate of drug-likeness (QED) is 0.909. The molecular formula is C17H22N6O2. The van der Waals surface area contributed by atoms with Gasteiger partial charge in [0.1, 0.15) is 6.04 Å². The average Bonchev–Trinajstić information content (AvgIpc) is 3.56. The van der Waals surface area contributed by atoms with Gasteiger partial charge in [0, 0.05) is 31.5 Å². The van der Waals surface area contributed by atoms with Crippen LogP contribution in [-0.4, -0.2) is 62.7 Å². The first kappa shape index (κ1) is 15.1. The van der Waals surface area contributed by atoms with Crippen LogP contribution in [0.5, 0.6) is 0 Å². The first-order valence-corrected chi connectivity index (χ1v) is 9.07. The minimum atomic E-state index is -0.0472. The molecule has 1 atom stereocenters. The lowest BCUT2D eigenvalue weighted by Gasteiger charge is -2.37. The molecule has 0 unspecified atom stereocenters. The van der Waals surface area contributed by atoms with E-state index in [1.165, 1.54) is 0 Å². The largest absolute Gasteiger partial charge is 0.338 e. The zero-order valence-electron chi connectivity index (χ0n) is 14.3. The van der Waals surface area contributed by atoms with Crippen molar-refractivity contribution < 1.29 is 9.32 Å². The maximum Gasteiger partial charge on any atom is 0.257 e. The zero-order valence-corrected chi connectivity index (χ0v) is 14.3. The van der Waals surface area contributed by atoms with Crippen LogP contribution in [0.4, 0.5) is 0 Å². The van der Waals surface area contributed by atoms with Crippen LogP contribution in [0.3, 0.4) is 0 Å². The SMILES string of the molecule is CN1CCN(C(=O)c2cn[nH]c2C2CC2)C[C@H]1c1nc(C2CC2)no1. The zero-order chi connectivity index (χ0) is 17.0. The van der Waals surface area contributed by atoms with Gasteiger partial charge in [0.15, 0.2) is 5.82 Å². The summed E-state index contributed by atoms with van der Waals surface area (Å²) in [5, 5.41) is 11.2. The van der Waals surface area contributed by atoms with Crippen LogP contribution in [0.25, 0.3) is 0 Å². The van der Waals surface area contributed by atoms with E-state index in [1.807, 2.05) is 11.9 Å². The van der Waals surface area contributed by atoms with E-state index in [0.29, 0.717) is 30.8 Å². The molecule has 0 radical (unpaired) electrons. The highest BCUT2D eigenvalue weighted by molar-refractivity contribution is 5.95. The van der Waals surface area contributed by atoms with E-state index in [-0.39, 0.29) is 11.9 Å². The van der Waals surface area contributed by atoms with Crippen molar-refractivity contribution in [3.63, 3.8) is 0 Å². The summed E-state index contributed by atoms with van der Waals surface area (Å²) in [6.45, 7) is 2.05. The van der Waals surface area contributed by atoms with Crippen LogP contribution in [0, 0.1) is 0 Å². The van der Waals surface area contributed by atoms with Gasteiger partial charge in [0.25, 0.3) is 5.91 Å². The van der Waals surface area contributed by atoms with Crippen molar-refractivity contribution in [2.24, 2.45) is 0 Å². The minimum absolute atomic E-state index is 0.0472. The number of likely N-dealkylation sites (N-methyl/N-ethyl adjacent to an activating group) is 1. The lowest BCUT2D eigenvalue weighted by atomic mass is 10.1. The molecule has 5 rings (SSSR count). The Kier molecular flexibility index (Phi) is 3.41. The summed E-state index contributed by atoms with van der Waals surface area (Å²) in [5.74, 6) is 2.43. The molecule has 0 bridgehead atoms. The number of rotatable bonds is 4. The predicted octanol–water partition coefficient (Wildman–Crippen LogP) is 1.68. The number of H-pyrrole nitrogens is 1. The number of nitrogens with zero attached hydrogens (tertiary/aromatic N) is 5. The second-order valence-corrected chi connectivity index (χ2v) is 7.48. The number of carbonyl (C=O) groups is 1. The van der Waals surface area contributed by atoms with Gasteiger partial charge in [-0.25, -0.2) is 0 Å². The summed E-state index contributed by atoms with van der Waals surface area (Å²) >= 11 is 0. The van der Waals surface area contributed by atoms with E-state index in [0.717, 1.165) is 49.3 Å². The second-order valence-electron chi connectivity index (χ2n) is 7.48. The Morgan fingerprint density at radius 2 is 2.04 bits per heavy atom. The maximum atomic E-state index is 13.0. The Morgan fingerprint density at radius 3 is 2.80 bits per heavy atom. The van der Waals surface area contributed by atoms with Crippen molar-refractivity contribution in [2.75, 3.05) is 26.7 Å². The number of aromatic nitrogens is 4. The van der Waals surface area contributed by atoms with E-state index in [4.69, 9.17) is 4.52 Å². The molecule has 3 heterocycles. The number of amides is 1. The van der Waals surface area contributed by atoms with E-state index >= 15 is 0 Å². The monoisotopic (exact) mass is 342 g/mol. The van der Waals surface area contributed by atoms with Crippen molar-refractivity contribution in [3.8, 4) is 0 Å². The third kappa shape index (κ3) is 2.74. The van der Waals surface area contributed by atoms with Crippen LogP contribution in [0.1, 0.15) is 71.3 Å². The molecule has 8 nitrogen and oxygen atoms in total. The molecule has 8 heteroatoms. The molecule has 1 N–H and O–H groups in total. The third-order valence-electron chi connectivity index (χ3n) is 5.51. The standard InChI is InChI=1S/C17H22N6O2/c1-22-6-7-23(17(24)12-8-18-20-14(12)10-2-3-10)9-13(22)16-19-15(21-25-16)11-4-5-11/h8,10-11,13H,2-7,9H2,1H3,(H,18,20)/t13-/m0/s1. The summed E-state index contributed by atoms with van der Waals surface area (Å²) in [5.41, 5.74) is 1.71. The van der Waals surface area contributed by atoms with Gasteiger partial charge < -0.3 is 9.42 Å². The second kappa shape index (κ2) is 5.66. The predicted molar refractivity (Wildman–Crippen MR) is 88.1 cm³/mol. The van der Waals surface area contributed by atoms with Crippen LogP contribution in [0.2, 0.25) is 0 Å². The van der Waals surface area contributed by atoms with E-state index < -0.39 is 0 Å². The minimum Gasteiger partial charge on any atom is -0.338 e. The molecule has 25 heavy (non-hydrogen) atoms. The highest BCUT2D eigenvalue weighted by Gasteiger charge is 2.37. The number of aromatic amines is 1. The fourth-order valence-corrected chi connectivity index (χ4v) is 3.53. The van der Waals surface area contributed by atoms with Gasteiger partial charge in [-0.1, -0.05) is 5.16 Å². The Morgan fingerprint density at radius 1 is 1.24 bits per heavy atom. The third-order valence-corrected chi connectivity index (χ3v) is 5.51. The molecular weight excluding hydrogens is 320 g/mol. The summed E-state index contributed by atoms with van der Waals surface area (Å²) in [6.07, 6.45) is 6.24. The van der Waals surface area contributed by atoms with Crippen molar-refractivity contribution in [1.82, 2.24) is 30.1 Å². The number of nitrogens with one attached hydrogen (secondary N) is 1. The average molecular weight is 342 g/mol. The van der Waals surface area contributed by atoms with Gasteiger partial charge >= 0.3 is 0 Å². The molecule has 2 aliphatic carbocycles. The van der Waals surface area contributed by atoms with Gasteiger partial charge in [0.05, 0.1) is 17.5 Å². The molecule has 132 valence electrons. The number of hydrogen-bond acceptors (Lipinski definition) is 6. The van der Waals surface area contributed by atoms with Gasteiger partial charge in [-0.2, -0.15) is 10.1 Å². The molecule has 3 aliphatic rings. The van der Waals surface area contributed by atoms with Crippen LogP contribution in [-0.2, 0) is 0 Å². The molecule has 3 fully saturated rings. The molecule has 2 saturated carbocycles. The highest BCUT2D eigenvalue weighted by Crippen LogP contribution is 2.41. The van der Waals surface area contributed by atoms with Gasteiger partial charge in [-0.15, -0.1) is 0 Å². The first-order valence-electron chi connectivity index (χ1n) is 9.07. The Bertz CT molecular complexity index is 791. The molecule has 1 aliphatic heterocycles. The van der Waals surface area contributed by atoms with E-state index in [1.54, 1.807) is 6.20 Å². The topological polar surface area (TPSA) is 91.2 Å². The van der Waals surface area contributed by atoms with Crippen LogP contribution in [0.15, 0.2) is 10.7 Å². The first-order chi connectivity index (χ1) is 12.2. The lowest BCUT2D eigenvalue weighted by molar-refractivity contribution is 0.0488. The molecule has 0 aromatic carbocycles. The number of piperazine rings is 1. The Balaban J connectivity index is 1.35. The van der Waals surface area contributed by atoms with Gasteiger partial charge in [-0.05, 0) is 32.7 Å². The molecule has 0 spiro atoms. The fraction of sp³-hybridized carbons (Fsp3) is 0.647.